The van der Waals surface area contributed by atoms with Crippen LogP contribution in [-0.2, 0) is 9.53 Å². The summed E-state index contributed by atoms with van der Waals surface area (Å²) >= 11 is 0. The number of likely N-dealkylation sites (tertiary alicyclic amines) is 1. The van der Waals surface area contributed by atoms with E-state index in [-0.39, 0.29) is 5.91 Å². The van der Waals surface area contributed by atoms with Gasteiger partial charge in [-0.15, -0.1) is 0 Å². The highest BCUT2D eigenvalue weighted by atomic mass is 16.5. The van der Waals surface area contributed by atoms with E-state index in [1.54, 1.807) is 0 Å². The third kappa shape index (κ3) is 5.66. The molecule has 4 nitrogen and oxygen atoms in total. The minimum absolute atomic E-state index is 0.170. The number of rotatable bonds is 5. The van der Waals surface area contributed by atoms with Crippen molar-refractivity contribution in [2.45, 2.75) is 33.6 Å². The molecule has 0 atom stereocenters. The summed E-state index contributed by atoms with van der Waals surface area (Å²) in [6.45, 7) is 13.1. The predicted molar refractivity (Wildman–Crippen MR) is 111 cm³/mol. The van der Waals surface area contributed by atoms with Crippen LogP contribution in [0, 0.1) is 18.8 Å². The SMILES string of the molecule is Cc1ccc(/C(=C/C(=O)N2CCC(CN3CCOCC3)CC2)C(C)C)cc1. The molecule has 0 unspecified atom stereocenters. The molecule has 1 aromatic rings. The van der Waals surface area contributed by atoms with Gasteiger partial charge in [0.2, 0.25) is 5.91 Å². The van der Waals surface area contributed by atoms with Gasteiger partial charge >= 0.3 is 0 Å². The number of morpholine rings is 1. The van der Waals surface area contributed by atoms with Gasteiger partial charge < -0.3 is 9.64 Å². The number of allylic oxidation sites excluding steroid dienone is 1. The molecule has 1 aromatic carbocycles. The highest BCUT2D eigenvalue weighted by molar-refractivity contribution is 5.95. The lowest BCUT2D eigenvalue weighted by Crippen LogP contribution is -2.44. The molecule has 2 saturated heterocycles. The summed E-state index contributed by atoms with van der Waals surface area (Å²) in [5, 5.41) is 0. The Bertz CT molecular complexity index is 637. The van der Waals surface area contributed by atoms with Gasteiger partial charge in [0.1, 0.15) is 0 Å². The van der Waals surface area contributed by atoms with Gasteiger partial charge in [0.05, 0.1) is 13.2 Å². The maximum atomic E-state index is 12.9. The third-order valence-corrected chi connectivity index (χ3v) is 5.83. The Balaban J connectivity index is 1.57. The molecular formula is C23H34N2O2. The van der Waals surface area contributed by atoms with Crippen molar-refractivity contribution in [3.63, 3.8) is 0 Å². The normalized spacial score (nSPS) is 20.3. The van der Waals surface area contributed by atoms with Crippen molar-refractivity contribution in [3.8, 4) is 0 Å². The van der Waals surface area contributed by atoms with Gasteiger partial charge in [0.15, 0.2) is 0 Å². The Morgan fingerprint density at radius 3 is 2.33 bits per heavy atom. The van der Waals surface area contributed by atoms with E-state index in [0.29, 0.717) is 11.8 Å². The van der Waals surface area contributed by atoms with Crippen molar-refractivity contribution in [2.24, 2.45) is 11.8 Å². The predicted octanol–water partition coefficient (Wildman–Crippen LogP) is 3.61. The second-order valence-corrected chi connectivity index (χ2v) is 8.30. The summed E-state index contributed by atoms with van der Waals surface area (Å²) in [6, 6.07) is 8.49. The first-order valence-corrected chi connectivity index (χ1v) is 10.4. The Morgan fingerprint density at radius 2 is 1.74 bits per heavy atom. The van der Waals surface area contributed by atoms with E-state index in [1.807, 2.05) is 11.0 Å². The molecule has 0 bridgehead atoms. The smallest absolute Gasteiger partial charge is 0.246 e. The Morgan fingerprint density at radius 1 is 1.11 bits per heavy atom. The van der Waals surface area contributed by atoms with Gasteiger partial charge in [-0.3, -0.25) is 9.69 Å². The average molecular weight is 371 g/mol. The zero-order valence-corrected chi connectivity index (χ0v) is 17.1. The fourth-order valence-electron chi connectivity index (χ4n) is 4.04. The first kappa shape index (κ1) is 20.1. The van der Waals surface area contributed by atoms with Crippen molar-refractivity contribution >= 4 is 11.5 Å². The number of hydrogen-bond donors (Lipinski definition) is 0. The van der Waals surface area contributed by atoms with Crippen LogP contribution < -0.4 is 0 Å². The lowest BCUT2D eigenvalue weighted by atomic mass is 9.93. The molecule has 27 heavy (non-hydrogen) atoms. The second kappa shape index (κ2) is 9.52. The molecule has 0 saturated carbocycles. The largest absolute Gasteiger partial charge is 0.379 e. The monoisotopic (exact) mass is 370 g/mol. The molecule has 0 aliphatic carbocycles. The summed E-state index contributed by atoms with van der Waals surface area (Å²) in [4.78, 5) is 17.4. The van der Waals surface area contributed by atoms with Crippen LogP contribution in [0.25, 0.3) is 5.57 Å². The summed E-state index contributed by atoms with van der Waals surface area (Å²) < 4.78 is 5.44. The fourth-order valence-corrected chi connectivity index (χ4v) is 4.04. The van der Waals surface area contributed by atoms with E-state index < -0.39 is 0 Å². The molecule has 0 radical (unpaired) electrons. The molecule has 0 N–H and O–H groups in total. The Hall–Kier alpha value is -1.65. The first-order chi connectivity index (χ1) is 13.0. The number of piperidine rings is 1. The minimum Gasteiger partial charge on any atom is -0.379 e. The lowest BCUT2D eigenvalue weighted by Gasteiger charge is -2.35. The number of ether oxygens (including phenoxy) is 1. The standard InChI is InChI=1S/C23H34N2O2/c1-18(2)22(21-6-4-19(3)5-7-21)16-23(26)25-10-8-20(9-11-25)17-24-12-14-27-15-13-24/h4-7,16,18,20H,8-15,17H2,1-3H3/b22-16+. The summed E-state index contributed by atoms with van der Waals surface area (Å²) in [5.74, 6) is 1.21. The molecule has 0 spiro atoms. The van der Waals surface area contributed by atoms with Crippen LogP contribution in [0.4, 0.5) is 0 Å². The van der Waals surface area contributed by atoms with Crippen molar-refractivity contribution in [1.29, 1.82) is 0 Å². The van der Waals surface area contributed by atoms with E-state index in [2.05, 4.69) is 49.9 Å². The molecule has 3 rings (SSSR count). The lowest BCUT2D eigenvalue weighted by molar-refractivity contribution is -0.127. The highest BCUT2D eigenvalue weighted by Gasteiger charge is 2.24. The van der Waals surface area contributed by atoms with Gasteiger partial charge in [-0.1, -0.05) is 43.7 Å². The number of benzene rings is 1. The quantitative estimate of drug-likeness (QED) is 0.743. The van der Waals surface area contributed by atoms with Crippen LogP contribution in [0.15, 0.2) is 30.3 Å². The molecular weight excluding hydrogens is 336 g/mol. The summed E-state index contributed by atoms with van der Waals surface area (Å²) in [5.41, 5.74) is 3.54. The third-order valence-electron chi connectivity index (χ3n) is 5.83. The fraction of sp³-hybridized carbons (Fsp3) is 0.609. The number of carbonyl (C=O) groups excluding carboxylic acids is 1. The van der Waals surface area contributed by atoms with Crippen LogP contribution in [0.5, 0.6) is 0 Å². The van der Waals surface area contributed by atoms with Crippen molar-refractivity contribution in [1.82, 2.24) is 9.80 Å². The van der Waals surface area contributed by atoms with E-state index in [9.17, 15) is 4.79 Å². The van der Waals surface area contributed by atoms with E-state index >= 15 is 0 Å². The zero-order valence-electron chi connectivity index (χ0n) is 17.1. The van der Waals surface area contributed by atoms with Crippen molar-refractivity contribution < 1.29 is 9.53 Å². The van der Waals surface area contributed by atoms with Crippen LogP contribution in [-0.4, -0.2) is 61.6 Å². The molecule has 148 valence electrons. The van der Waals surface area contributed by atoms with Crippen molar-refractivity contribution in [3.05, 3.63) is 41.5 Å². The van der Waals surface area contributed by atoms with Gasteiger partial charge in [-0.05, 0) is 42.7 Å². The number of nitrogens with zero attached hydrogens (tertiary/aromatic N) is 2. The van der Waals surface area contributed by atoms with E-state index in [0.717, 1.165) is 69.9 Å². The number of hydrogen-bond acceptors (Lipinski definition) is 3. The van der Waals surface area contributed by atoms with Gasteiger partial charge in [0, 0.05) is 38.8 Å². The Kier molecular flexibility index (Phi) is 7.08. The molecule has 2 aliphatic heterocycles. The number of carbonyl (C=O) groups is 1. The average Bonchev–Trinajstić information content (AvgIpc) is 2.68. The maximum absolute atomic E-state index is 12.9. The number of amides is 1. The Labute approximate surface area is 164 Å². The van der Waals surface area contributed by atoms with E-state index in [4.69, 9.17) is 4.74 Å². The van der Waals surface area contributed by atoms with Crippen LogP contribution in [0.1, 0.15) is 37.8 Å². The summed E-state index contributed by atoms with van der Waals surface area (Å²) in [6.07, 6.45) is 4.09. The van der Waals surface area contributed by atoms with E-state index in [1.165, 1.54) is 5.56 Å². The molecule has 2 aliphatic rings. The molecule has 4 heteroatoms. The summed E-state index contributed by atoms with van der Waals surface area (Å²) in [7, 11) is 0. The number of aryl methyl sites for hydroxylation is 1. The molecule has 1 amide bonds. The van der Waals surface area contributed by atoms with Crippen molar-refractivity contribution in [2.75, 3.05) is 45.9 Å². The van der Waals surface area contributed by atoms with Crippen LogP contribution in [0.2, 0.25) is 0 Å². The molecule has 2 heterocycles. The first-order valence-electron chi connectivity index (χ1n) is 10.4. The van der Waals surface area contributed by atoms with Gasteiger partial charge in [-0.25, -0.2) is 0 Å². The second-order valence-electron chi connectivity index (χ2n) is 8.30. The maximum Gasteiger partial charge on any atom is 0.246 e. The molecule has 2 fully saturated rings. The zero-order chi connectivity index (χ0) is 19.2. The van der Waals surface area contributed by atoms with Gasteiger partial charge in [0.25, 0.3) is 0 Å². The molecule has 0 aromatic heterocycles. The minimum atomic E-state index is 0.170. The topological polar surface area (TPSA) is 32.8 Å². The van der Waals surface area contributed by atoms with Crippen LogP contribution in [0.3, 0.4) is 0 Å². The van der Waals surface area contributed by atoms with Gasteiger partial charge in [-0.2, -0.15) is 0 Å². The van der Waals surface area contributed by atoms with Crippen LogP contribution >= 0.6 is 0 Å². The highest BCUT2D eigenvalue weighted by Crippen LogP contribution is 2.25.